The predicted octanol–water partition coefficient (Wildman–Crippen LogP) is 0.511. The van der Waals surface area contributed by atoms with Crippen LogP contribution in [-0.4, -0.2) is 31.3 Å². The van der Waals surface area contributed by atoms with Gasteiger partial charge in [0, 0.05) is 13.1 Å². The van der Waals surface area contributed by atoms with Gasteiger partial charge in [0.15, 0.2) is 0 Å². The first-order valence-electron chi connectivity index (χ1n) is 3.69. The molecule has 0 spiro atoms. The van der Waals surface area contributed by atoms with E-state index < -0.39 is 0 Å². The minimum Gasteiger partial charge on any atom is -0.432 e. The van der Waals surface area contributed by atoms with Gasteiger partial charge in [-0.3, -0.25) is 0 Å². The Morgan fingerprint density at radius 3 is 2.82 bits per heavy atom. The summed E-state index contributed by atoms with van der Waals surface area (Å²) >= 11 is 0. The Morgan fingerprint density at radius 1 is 1.36 bits per heavy atom. The lowest BCUT2D eigenvalue weighted by Gasteiger charge is -2.24. The molecular formula is C7H10N2O2. The molecule has 1 saturated heterocycles. The number of ether oxygens (including phenoxy) is 1. The number of morpholine rings is 1. The first-order valence-corrected chi connectivity index (χ1v) is 3.69. The van der Waals surface area contributed by atoms with E-state index >= 15 is 0 Å². The largest absolute Gasteiger partial charge is 0.432 e. The zero-order chi connectivity index (χ0) is 7.52. The maximum Gasteiger partial charge on any atom is 0.297 e. The van der Waals surface area contributed by atoms with Gasteiger partial charge in [-0.2, -0.15) is 0 Å². The van der Waals surface area contributed by atoms with Crippen LogP contribution in [0.4, 0.5) is 6.01 Å². The number of aromatic nitrogens is 1. The molecule has 4 nitrogen and oxygen atoms in total. The van der Waals surface area contributed by atoms with Crippen LogP contribution in [-0.2, 0) is 4.74 Å². The van der Waals surface area contributed by atoms with Crippen LogP contribution in [0, 0.1) is 0 Å². The Balaban J connectivity index is 2.04. The van der Waals surface area contributed by atoms with Gasteiger partial charge in [0.25, 0.3) is 6.01 Å². The topological polar surface area (TPSA) is 38.5 Å². The van der Waals surface area contributed by atoms with Crippen molar-refractivity contribution in [1.29, 1.82) is 0 Å². The van der Waals surface area contributed by atoms with E-state index in [1.165, 1.54) is 0 Å². The van der Waals surface area contributed by atoms with Crippen LogP contribution in [0.25, 0.3) is 0 Å². The summed E-state index contributed by atoms with van der Waals surface area (Å²) in [5.74, 6) is 0. The van der Waals surface area contributed by atoms with Crippen molar-refractivity contribution in [3.8, 4) is 0 Å². The van der Waals surface area contributed by atoms with Crippen LogP contribution in [0.15, 0.2) is 16.9 Å². The van der Waals surface area contributed by atoms with E-state index in [0.29, 0.717) is 6.01 Å². The standard InChI is InChI=1S/C7H10N2O2/c1-4-11-7(8-1)9-2-5-10-6-3-9/h1,4H,2-3,5-6H2. The van der Waals surface area contributed by atoms with Gasteiger partial charge in [-0.15, -0.1) is 0 Å². The summed E-state index contributed by atoms with van der Waals surface area (Å²) < 4.78 is 10.3. The molecule has 0 atom stereocenters. The van der Waals surface area contributed by atoms with Gasteiger partial charge < -0.3 is 14.1 Å². The molecule has 0 N–H and O–H groups in total. The molecule has 60 valence electrons. The van der Waals surface area contributed by atoms with Gasteiger partial charge >= 0.3 is 0 Å². The second-order valence-corrected chi connectivity index (χ2v) is 2.41. The van der Waals surface area contributed by atoms with E-state index in [1.54, 1.807) is 12.5 Å². The normalized spacial score (nSPS) is 18.7. The van der Waals surface area contributed by atoms with Crippen LogP contribution < -0.4 is 4.90 Å². The molecule has 1 fully saturated rings. The van der Waals surface area contributed by atoms with Crippen LogP contribution >= 0.6 is 0 Å². The fourth-order valence-corrected chi connectivity index (χ4v) is 1.13. The van der Waals surface area contributed by atoms with Gasteiger partial charge in [0.1, 0.15) is 6.26 Å². The second-order valence-electron chi connectivity index (χ2n) is 2.41. The monoisotopic (exact) mass is 154 g/mol. The number of hydrogen-bond acceptors (Lipinski definition) is 4. The van der Waals surface area contributed by atoms with Crippen molar-refractivity contribution in [1.82, 2.24) is 4.98 Å². The number of hydrogen-bond donors (Lipinski definition) is 0. The second kappa shape index (κ2) is 2.92. The van der Waals surface area contributed by atoms with Gasteiger partial charge in [0.05, 0.1) is 19.4 Å². The highest BCUT2D eigenvalue weighted by atomic mass is 16.5. The molecule has 0 unspecified atom stereocenters. The molecule has 0 amide bonds. The van der Waals surface area contributed by atoms with Gasteiger partial charge in [-0.05, 0) is 0 Å². The lowest BCUT2D eigenvalue weighted by atomic mass is 10.5. The highest BCUT2D eigenvalue weighted by Gasteiger charge is 2.13. The quantitative estimate of drug-likeness (QED) is 0.590. The third kappa shape index (κ3) is 1.35. The van der Waals surface area contributed by atoms with Crippen molar-refractivity contribution in [3.05, 3.63) is 12.5 Å². The average molecular weight is 154 g/mol. The summed E-state index contributed by atoms with van der Waals surface area (Å²) in [5, 5.41) is 0. The van der Waals surface area contributed by atoms with Crippen molar-refractivity contribution in [3.63, 3.8) is 0 Å². The Morgan fingerprint density at radius 2 is 2.18 bits per heavy atom. The van der Waals surface area contributed by atoms with Gasteiger partial charge in [-0.1, -0.05) is 0 Å². The Kier molecular flexibility index (Phi) is 1.77. The molecule has 0 saturated carbocycles. The molecule has 1 aliphatic heterocycles. The Hall–Kier alpha value is -1.03. The van der Waals surface area contributed by atoms with E-state index in [4.69, 9.17) is 9.15 Å². The molecule has 2 heterocycles. The molecule has 0 radical (unpaired) electrons. The lowest BCUT2D eigenvalue weighted by Crippen LogP contribution is -2.36. The molecule has 1 aliphatic rings. The van der Waals surface area contributed by atoms with Crippen LogP contribution in [0.5, 0.6) is 0 Å². The van der Waals surface area contributed by atoms with Crippen molar-refractivity contribution in [2.45, 2.75) is 0 Å². The summed E-state index contributed by atoms with van der Waals surface area (Å²) in [4.78, 5) is 6.12. The molecule has 1 aromatic heterocycles. The van der Waals surface area contributed by atoms with Crippen molar-refractivity contribution in [2.24, 2.45) is 0 Å². The molecule has 0 aromatic carbocycles. The predicted molar refractivity (Wildman–Crippen MR) is 39.5 cm³/mol. The summed E-state index contributed by atoms with van der Waals surface area (Å²) in [6.45, 7) is 3.28. The van der Waals surface area contributed by atoms with E-state index in [2.05, 4.69) is 9.88 Å². The molecular weight excluding hydrogens is 144 g/mol. The first kappa shape index (κ1) is 6.67. The molecule has 4 heteroatoms. The number of anilines is 1. The smallest absolute Gasteiger partial charge is 0.297 e. The zero-order valence-corrected chi connectivity index (χ0v) is 6.19. The highest BCUT2D eigenvalue weighted by Crippen LogP contribution is 2.11. The average Bonchev–Trinajstić information content (AvgIpc) is 2.58. The third-order valence-electron chi connectivity index (χ3n) is 1.70. The Labute approximate surface area is 64.8 Å². The van der Waals surface area contributed by atoms with Gasteiger partial charge in [0.2, 0.25) is 0 Å². The summed E-state index contributed by atoms with van der Waals surface area (Å²) in [6, 6.07) is 0.702. The summed E-state index contributed by atoms with van der Waals surface area (Å²) in [7, 11) is 0. The SMILES string of the molecule is c1coc(N2CCOCC2)n1. The van der Waals surface area contributed by atoms with Crippen LogP contribution in [0.3, 0.4) is 0 Å². The molecule has 11 heavy (non-hydrogen) atoms. The lowest BCUT2D eigenvalue weighted by molar-refractivity contribution is 0.120. The number of nitrogens with zero attached hydrogens (tertiary/aromatic N) is 2. The highest BCUT2D eigenvalue weighted by molar-refractivity contribution is 5.24. The van der Waals surface area contributed by atoms with Crippen molar-refractivity contribution < 1.29 is 9.15 Å². The fraction of sp³-hybridized carbons (Fsp3) is 0.571. The molecule has 2 rings (SSSR count). The van der Waals surface area contributed by atoms with Crippen LogP contribution in [0.1, 0.15) is 0 Å². The van der Waals surface area contributed by atoms with Crippen molar-refractivity contribution >= 4 is 6.01 Å². The summed E-state index contributed by atoms with van der Waals surface area (Å²) in [5.41, 5.74) is 0. The van der Waals surface area contributed by atoms with Gasteiger partial charge in [-0.25, -0.2) is 4.98 Å². The van der Waals surface area contributed by atoms with Crippen molar-refractivity contribution in [2.75, 3.05) is 31.2 Å². The maximum absolute atomic E-state index is 5.19. The molecule has 1 aromatic rings. The van der Waals surface area contributed by atoms with E-state index in [-0.39, 0.29) is 0 Å². The Bertz CT molecular complexity index is 204. The fourth-order valence-electron chi connectivity index (χ4n) is 1.13. The van der Waals surface area contributed by atoms with E-state index in [9.17, 15) is 0 Å². The van der Waals surface area contributed by atoms with Crippen LogP contribution in [0.2, 0.25) is 0 Å². The van der Waals surface area contributed by atoms with E-state index in [0.717, 1.165) is 26.3 Å². The minimum absolute atomic E-state index is 0.702. The van der Waals surface area contributed by atoms with E-state index in [1.807, 2.05) is 0 Å². The summed E-state index contributed by atoms with van der Waals surface area (Å²) in [6.07, 6.45) is 3.25. The minimum atomic E-state index is 0.702. The zero-order valence-electron chi connectivity index (χ0n) is 6.19. The first-order chi connectivity index (χ1) is 5.47. The molecule has 0 aliphatic carbocycles. The third-order valence-corrected chi connectivity index (χ3v) is 1.70. The number of oxazole rings is 1. The molecule has 0 bridgehead atoms. The maximum atomic E-state index is 5.19. The number of rotatable bonds is 1.